The van der Waals surface area contributed by atoms with Crippen molar-refractivity contribution in [2.45, 2.75) is 25.6 Å². The van der Waals surface area contributed by atoms with Gasteiger partial charge in [-0.1, -0.05) is 0 Å². The zero-order valence-electron chi connectivity index (χ0n) is 8.24. The van der Waals surface area contributed by atoms with E-state index in [2.05, 4.69) is 31.9 Å². The van der Waals surface area contributed by atoms with Crippen LogP contribution in [0.5, 0.6) is 0 Å². The average molecular weight is 356 g/mol. The highest BCUT2D eigenvalue weighted by Gasteiger charge is 2.32. The van der Waals surface area contributed by atoms with E-state index in [0.29, 0.717) is 0 Å². The van der Waals surface area contributed by atoms with E-state index in [1.165, 1.54) is 0 Å². The molecule has 1 saturated heterocycles. The van der Waals surface area contributed by atoms with E-state index in [0.717, 1.165) is 26.2 Å². The fourth-order valence-corrected chi connectivity index (χ4v) is 4.03. The van der Waals surface area contributed by atoms with Crippen LogP contribution in [0.4, 0.5) is 0 Å². The first-order valence-corrected chi connectivity index (χ1v) is 7.24. The zero-order valence-corrected chi connectivity index (χ0v) is 12.2. The van der Waals surface area contributed by atoms with Crippen molar-refractivity contribution in [3.05, 3.63) is 19.2 Å². The lowest BCUT2D eigenvalue weighted by Gasteiger charge is -2.19. The standard InChI is InChI=1S/C10H12Br2O2S/c1-5-6(2-3-14-5)9(13)8-4-7(11)10(12)15-8/h4-6,9,13H,2-3H2,1H3. The first-order valence-electron chi connectivity index (χ1n) is 4.84. The fourth-order valence-electron chi connectivity index (χ4n) is 1.88. The minimum atomic E-state index is -0.407. The molecule has 3 unspecified atom stereocenters. The van der Waals surface area contributed by atoms with E-state index in [1.54, 1.807) is 11.3 Å². The molecule has 1 aromatic rings. The third-order valence-corrected chi connectivity index (χ3v) is 6.12. The Balaban J connectivity index is 2.16. The lowest BCUT2D eigenvalue weighted by molar-refractivity contribution is 0.0448. The van der Waals surface area contributed by atoms with Gasteiger partial charge in [0, 0.05) is 21.9 Å². The third-order valence-electron chi connectivity index (χ3n) is 2.80. The molecule has 2 heterocycles. The minimum Gasteiger partial charge on any atom is -0.387 e. The molecule has 0 radical (unpaired) electrons. The summed E-state index contributed by atoms with van der Waals surface area (Å²) < 4.78 is 7.50. The SMILES string of the molecule is CC1OCCC1C(O)c1cc(Br)c(Br)s1. The largest absolute Gasteiger partial charge is 0.387 e. The third kappa shape index (κ3) is 2.47. The van der Waals surface area contributed by atoms with Gasteiger partial charge in [-0.05, 0) is 51.3 Å². The van der Waals surface area contributed by atoms with Gasteiger partial charge in [0.25, 0.3) is 0 Å². The van der Waals surface area contributed by atoms with Crippen LogP contribution in [0, 0.1) is 5.92 Å². The highest BCUT2D eigenvalue weighted by molar-refractivity contribution is 9.13. The van der Waals surface area contributed by atoms with Crippen LogP contribution in [0.3, 0.4) is 0 Å². The van der Waals surface area contributed by atoms with Gasteiger partial charge < -0.3 is 9.84 Å². The van der Waals surface area contributed by atoms with Gasteiger partial charge in [0.05, 0.1) is 16.0 Å². The van der Waals surface area contributed by atoms with Crippen LogP contribution in [0.1, 0.15) is 24.3 Å². The average Bonchev–Trinajstić information content (AvgIpc) is 2.74. The summed E-state index contributed by atoms with van der Waals surface area (Å²) in [7, 11) is 0. The van der Waals surface area contributed by atoms with Gasteiger partial charge in [0.2, 0.25) is 0 Å². The number of ether oxygens (including phenoxy) is 1. The lowest BCUT2D eigenvalue weighted by Crippen LogP contribution is -2.18. The van der Waals surface area contributed by atoms with E-state index in [9.17, 15) is 5.11 Å². The molecule has 5 heteroatoms. The molecule has 84 valence electrons. The normalized spacial score (nSPS) is 28.3. The quantitative estimate of drug-likeness (QED) is 0.875. The Hall–Kier alpha value is 0.580. The Morgan fingerprint density at radius 2 is 2.33 bits per heavy atom. The number of hydrogen-bond donors (Lipinski definition) is 1. The monoisotopic (exact) mass is 354 g/mol. The number of thiophene rings is 1. The molecule has 0 spiro atoms. The molecule has 0 aromatic carbocycles. The van der Waals surface area contributed by atoms with Crippen LogP contribution in [-0.4, -0.2) is 17.8 Å². The molecular weight excluding hydrogens is 344 g/mol. The minimum absolute atomic E-state index is 0.152. The lowest BCUT2D eigenvalue weighted by atomic mass is 9.95. The van der Waals surface area contributed by atoms with Crippen molar-refractivity contribution in [1.29, 1.82) is 0 Å². The van der Waals surface area contributed by atoms with Crippen molar-refractivity contribution in [2.75, 3.05) is 6.61 Å². The molecule has 1 aliphatic rings. The van der Waals surface area contributed by atoms with E-state index >= 15 is 0 Å². The summed E-state index contributed by atoms with van der Waals surface area (Å²) in [6.07, 6.45) is 0.685. The van der Waals surface area contributed by atoms with E-state index in [-0.39, 0.29) is 12.0 Å². The smallest absolute Gasteiger partial charge is 0.0936 e. The number of halogens is 2. The first-order chi connectivity index (χ1) is 7.09. The van der Waals surface area contributed by atoms with Gasteiger partial charge in [-0.2, -0.15) is 0 Å². The molecule has 2 nitrogen and oxygen atoms in total. The van der Waals surface area contributed by atoms with Crippen molar-refractivity contribution >= 4 is 43.2 Å². The van der Waals surface area contributed by atoms with Crippen molar-refractivity contribution in [3.8, 4) is 0 Å². The van der Waals surface area contributed by atoms with Crippen molar-refractivity contribution < 1.29 is 9.84 Å². The van der Waals surface area contributed by atoms with Crippen LogP contribution in [0.15, 0.2) is 14.3 Å². The summed E-state index contributed by atoms with van der Waals surface area (Å²) in [6, 6.07) is 1.98. The Labute approximate surface area is 110 Å². The first kappa shape index (κ1) is 12.0. The second-order valence-corrected chi connectivity index (χ2v) is 7.00. The summed E-state index contributed by atoms with van der Waals surface area (Å²) in [4.78, 5) is 0.996. The van der Waals surface area contributed by atoms with E-state index in [4.69, 9.17) is 4.74 Å². The zero-order chi connectivity index (χ0) is 11.0. The number of aliphatic hydroxyl groups is 1. The molecule has 1 aromatic heterocycles. The molecule has 1 fully saturated rings. The van der Waals surface area contributed by atoms with Gasteiger partial charge in [-0.25, -0.2) is 0 Å². The molecule has 0 saturated carbocycles. The topological polar surface area (TPSA) is 29.5 Å². The van der Waals surface area contributed by atoms with E-state index in [1.807, 2.05) is 13.0 Å². The molecule has 0 aliphatic carbocycles. The van der Waals surface area contributed by atoms with Gasteiger partial charge in [0.15, 0.2) is 0 Å². The molecule has 0 amide bonds. The van der Waals surface area contributed by atoms with Crippen molar-refractivity contribution in [2.24, 2.45) is 5.92 Å². The second kappa shape index (κ2) is 4.84. The Bertz CT molecular complexity index is 334. The molecule has 15 heavy (non-hydrogen) atoms. The molecule has 1 N–H and O–H groups in total. The van der Waals surface area contributed by atoms with Crippen LogP contribution < -0.4 is 0 Å². The second-order valence-electron chi connectivity index (χ2n) is 3.74. The summed E-state index contributed by atoms with van der Waals surface area (Å²) in [5, 5.41) is 10.2. The molecule has 3 atom stereocenters. The summed E-state index contributed by atoms with van der Waals surface area (Å²) in [5.41, 5.74) is 0. The predicted octanol–water partition coefficient (Wildman–Crippen LogP) is 3.73. The Morgan fingerprint density at radius 1 is 1.60 bits per heavy atom. The van der Waals surface area contributed by atoms with Crippen LogP contribution in [-0.2, 0) is 4.74 Å². The van der Waals surface area contributed by atoms with Crippen LogP contribution >= 0.6 is 43.2 Å². The summed E-state index contributed by atoms with van der Waals surface area (Å²) in [6.45, 7) is 2.79. The van der Waals surface area contributed by atoms with Gasteiger partial charge in [-0.15, -0.1) is 11.3 Å². The Morgan fingerprint density at radius 3 is 2.80 bits per heavy atom. The maximum absolute atomic E-state index is 10.2. The number of aliphatic hydroxyl groups excluding tert-OH is 1. The van der Waals surface area contributed by atoms with Gasteiger partial charge >= 0.3 is 0 Å². The maximum Gasteiger partial charge on any atom is 0.0936 e. The maximum atomic E-state index is 10.2. The van der Waals surface area contributed by atoms with Crippen LogP contribution in [0.2, 0.25) is 0 Å². The highest BCUT2D eigenvalue weighted by Crippen LogP contribution is 2.40. The van der Waals surface area contributed by atoms with Crippen molar-refractivity contribution in [1.82, 2.24) is 0 Å². The number of hydrogen-bond acceptors (Lipinski definition) is 3. The van der Waals surface area contributed by atoms with Gasteiger partial charge in [0.1, 0.15) is 0 Å². The van der Waals surface area contributed by atoms with Crippen LogP contribution in [0.25, 0.3) is 0 Å². The van der Waals surface area contributed by atoms with Gasteiger partial charge in [-0.3, -0.25) is 0 Å². The molecule has 0 bridgehead atoms. The summed E-state index contributed by atoms with van der Waals surface area (Å²) >= 11 is 8.44. The summed E-state index contributed by atoms with van der Waals surface area (Å²) in [5.74, 6) is 0.224. The predicted molar refractivity (Wildman–Crippen MR) is 68.2 cm³/mol. The number of rotatable bonds is 2. The molecular formula is C10H12Br2O2S. The van der Waals surface area contributed by atoms with E-state index < -0.39 is 6.10 Å². The fraction of sp³-hybridized carbons (Fsp3) is 0.600. The molecule has 1 aliphatic heterocycles. The Kier molecular flexibility index (Phi) is 3.88. The molecule has 2 rings (SSSR count). The van der Waals surface area contributed by atoms with Crippen molar-refractivity contribution in [3.63, 3.8) is 0 Å². The highest BCUT2D eigenvalue weighted by atomic mass is 79.9.